The number of morpholine rings is 1. The van der Waals surface area contributed by atoms with Crippen LogP contribution >= 0.6 is 0 Å². The molecule has 39 heavy (non-hydrogen) atoms. The fraction of sp³-hybridized carbons (Fsp3) is 0.321. The molecule has 0 aliphatic carbocycles. The summed E-state index contributed by atoms with van der Waals surface area (Å²) in [7, 11) is 0. The number of hydrogen-bond donors (Lipinski definition) is 3. The average Bonchev–Trinajstić information content (AvgIpc) is 2.93. The molecule has 0 saturated carbocycles. The summed E-state index contributed by atoms with van der Waals surface area (Å²) >= 11 is 0. The van der Waals surface area contributed by atoms with Crippen LogP contribution in [0, 0.1) is 6.92 Å². The average molecular weight is 542 g/mol. The highest BCUT2D eigenvalue weighted by Gasteiger charge is 2.31. The van der Waals surface area contributed by atoms with Crippen LogP contribution in [0.25, 0.3) is 0 Å². The first-order chi connectivity index (χ1) is 18.7. The number of carbonyl (C=O) groups is 2. The first kappa shape index (κ1) is 28.1. The third kappa shape index (κ3) is 8.01. The van der Waals surface area contributed by atoms with Crippen LogP contribution in [0.4, 0.5) is 30.4 Å². The zero-order valence-electron chi connectivity index (χ0n) is 21.5. The molecule has 4 rings (SSSR count). The fourth-order valence-corrected chi connectivity index (χ4v) is 4.05. The molecule has 3 N–H and O–H groups in total. The van der Waals surface area contributed by atoms with E-state index in [-0.39, 0.29) is 11.5 Å². The highest BCUT2D eigenvalue weighted by atomic mass is 19.4. The monoisotopic (exact) mass is 541 g/mol. The van der Waals surface area contributed by atoms with Gasteiger partial charge in [0.2, 0.25) is 0 Å². The Balaban J connectivity index is 1.32. The predicted octanol–water partition coefficient (Wildman–Crippen LogP) is 5.05. The Labute approximate surface area is 224 Å². The zero-order valence-corrected chi connectivity index (χ0v) is 21.5. The van der Waals surface area contributed by atoms with Crippen molar-refractivity contribution in [3.8, 4) is 0 Å². The van der Waals surface area contributed by atoms with Crippen LogP contribution in [0.15, 0.2) is 60.8 Å². The van der Waals surface area contributed by atoms with E-state index in [1.165, 1.54) is 18.3 Å². The maximum absolute atomic E-state index is 13.0. The number of alkyl halides is 3. The Kier molecular flexibility index (Phi) is 9.15. The summed E-state index contributed by atoms with van der Waals surface area (Å²) in [6.45, 7) is 6.98. The lowest BCUT2D eigenvalue weighted by molar-refractivity contribution is -0.137. The molecule has 0 unspecified atom stereocenters. The number of aryl methyl sites for hydroxylation is 1. The number of amides is 2. The van der Waals surface area contributed by atoms with Crippen molar-refractivity contribution < 1.29 is 27.5 Å². The van der Waals surface area contributed by atoms with Crippen LogP contribution < -0.4 is 16.0 Å². The molecule has 8 nitrogen and oxygen atoms in total. The lowest BCUT2D eigenvalue weighted by Crippen LogP contribution is -2.37. The van der Waals surface area contributed by atoms with E-state index in [0.717, 1.165) is 63.5 Å². The second-order valence-electron chi connectivity index (χ2n) is 9.18. The summed E-state index contributed by atoms with van der Waals surface area (Å²) in [5, 5.41) is 8.64. The smallest absolute Gasteiger partial charge is 0.379 e. The molecule has 206 valence electrons. The van der Waals surface area contributed by atoms with Gasteiger partial charge in [0.15, 0.2) is 0 Å². The lowest BCUT2D eigenvalue weighted by atomic mass is 10.1. The lowest BCUT2D eigenvalue weighted by Gasteiger charge is -2.26. The van der Waals surface area contributed by atoms with Gasteiger partial charge in [-0.15, -0.1) is 0 Å². The molecule has 1 saturated heterocycles. The van der Waals surface area contributed by atoms with Gasteiger partial charge < -0.3 is 20.7 Å². The van der Waals surface area contributed by atoms with Gasteiger partial charge in [0.25, 0.3) is 11.8 Å². The molecular weight excluding hydrogens is 511 g/mol. The van der Waals surface area contributed by atoms with Crippen molar-refractivity contribution in [3.63, 3.8) is 0 Å². The van der Waals surface area contributed by atoms with E-state index in [1.807, 2.05) is 0 Å². The largest absolute Gasteiger partial charge is 0.416 e. The molecule has 0 spiro atoms. The predicted molar refractivity (Wildman–Crippen MR) is 143 cm³/mol. The Morgan fingerprint density at radius 2 is 1.74 bits per heavy atom. The van der Waals surface area contributed by atoms with Gasteiger partial charge in [0, 0.05) is 42.8 Å². The second kappa shape index (κ2) is 12.7. The molecule has 1 aliphatic heterocycles. The molecule has 11 heteroatoms. The van der Waals surface area contributed by atoms with Crippen LogP contribution in [0.5, 0.6) is 0 Å². The molecule has 2 heterocycles. The summed E-state index contributed by atoms with van der Waals surface area (Å²) in [6, 6.07) is 12.4. The van der Waals surface area contributed by atoms with Gasteiger partial charge in [-0.05, 0) is 67.9 Å². The molecule has 1 aliphatic rings. The molecule has 3 aromatic rings. The van der Waals surface area contributed by atoms with E-state index in [1.54, 1.807) is 37.3 Å². The molecule has 0 radical (unpaired) electrons. The van der Waals surface area contributed by atoms with Crippen molar-refractivity contribution in [1.29, 1.82) is 0 Å². The van der Waals surface area contributed by atoms with Crippen LogP contribution in [0.1, 0.15) is 38.3 Å². The molecule has 0 atom stereocenters. The molecule has 1 fully saturated rings. The van der Waals surface area contributed by atoms with Gasteiger partial charge in [-0.3, -0.25) is 14.5 Å². The number of nitrogens with one attached hydrogen (secondary N) is 3. The van der Waals surface area contributed by atoms with E-state index in [9.17, 15) is 22.8 Å². The number of nitrogens with zero attached hydrogens (tertiary/aromatic N) is 2. The summed E-state index contributed by atoms with van der Waals surface area (Å²) in [5.41, 5.74) is 0.838. The number of halogens is 3. The van der Waals surface area contributed by atoms with E-state index in [2.05, 4.69) is 25.8 Å². The minimum Gasteiger partial charge on any atom is -0.379 e. The van der Waals surface area contributed by atoms with Gasteiger partial charge in [-0.25, -0.2) is 4.98 Å². The first-order valence-corrected chi connectivity index (χ1v) is 12.6. The van der Waals surface area contributed by atoms with Crippen molar-refractivity contribution in [2.24, 2.45) is 0 Å². The van der Waals surface area contributed by atoms with Gasteiger partial charge >= 0.3 is 6.18 Å². The summed E-state index contributed by atoms with van der Waals surface area (Å²) in [5.74, 6) is -0.408. The fourth-order valence-electron chi connectivity index (χ4n) is 4.05. The van der Waals surface area contributed by atoms with E-state index in [4.69, 9.17) is 4.74 Å². The highest BCUT2D eigenvalue weighted by Crippen LogP contribution is 2.30. The standard InChI is InChI=1S/C28H30F3N5O3/c1-19-6-8-23(34-26(37)20-4-2-5-22(16-20)28(29,30)31)17-24(19)35-27(38)21-7-9-25(33-18-21)32-10-3-11-36-12-14-39-15-13-36/h2,4-9,16-18H,3,10-15H2,1H3,(H,32,33)(H,34,37)(H,35,38). The van der Waals surface area contributed by atoms with Crippen molar-refractivity contribution in [1.82, 2.24) is 9.88 Å². The van der Waals surface area contributed by atoms with Gasteiger partial charge in [0.1, 0.15) is 5.82 Å². The zero-order chi connectivity index (χ0) is 27.8. The second-order valence-corrected chi connectivity index (χ2v) is 9.18. The van der Waals surface area contributed by atoms with Crippen molar-refractivity contribution >= 4 is 29.0 Å². The summed E-state index contributed by atoms with van der Waals surface area (Å²) in [4.78, 5) is 32.1. The number of aromatic nitrogens is 1. The van der Waals surface area contributed by atoms with Crippen LogP contribution in [-0.4, -0.2) is 61.1 Å². The van der Waals surface area contributed by atoms with Gasteiger partial charge in [0.05, 0.1) is 24.3 Å². The van der Waals surface area contributed by atoms with Crippen molar-refractivity contribution in [2.75, 3.05) is 55.3 Å². The molecule has 2 aromatic carbocycles. The Morgan fingerprint density at radius 3 is 2.46 bits per heavy atom. The normalized spacial score (nSPS) is 14.1. The van der Waals surface area contributed by atoms with E-state index >= 15 is 0 Å². The third-order valence-electron chi connectivity index (χ3n) is 6.28. The number of carbonyl (C=O) groups excluding carboxylic acids is 2. The maximum Gasteiger partial charge on any atom is 0.416 e. The molecular formula is C28H30F3N5O3. The van der Waals surface area contributed by atoms with Crippen LogP contribution in [0.2, 0.25) is 0 Å². The topological polar surface area (TPSA) is 95.6 Å². The van der Waals surface area contributed by atoms with Gasteiger partial charge in [-0.2, -0.15) is 13.2 Å². The van der Waals surface area contributed by atoms with Crippen LogP contribution in [-0.2, 0) is 10.9 Å². The number of ether oxygens (including phenoxy) is 1. The van der Waals surface area contributed by atoms with Crippen molar-refractivity contribution in [3.05, 3.63) is 83.0 Å². The number of rotatable bonds is 9. The summed E-state index contributed by atoms with van der Waals surface area (Å²) < 4.78 is 44.3. The molecule has 2 amide bonds. The van der Waals surface area contributed by atoms with Crippen LogP contribution in [0.3, 0.4) is 0 Å². The minimum absolute atomic E-state index is 0.128. The Morgan fingerprint density at radius 1 is 0.974 bits per heavy atom. The Bertz CT molecular complexity index is 1290. The first-order valence-electron chi connectivity index (χ1n) is 12.6. The maximum atomic E-state index is 13.0. The Hall–Kier alpha value is -3.96. The number of anilines is 3. The summed E-state index contributed by atoms with van der Waals surface area (Å²) in [6.07, 6.45) is -2.11. The number of pyridine rings is 1. The van der Waals surface area contributed by atoms with Crippen molar-refractivity contribution in [2.45, 2.75) is 19.5 Å². The highest BCUT2D eigenvalue weighted by molar-refractivity contribution is 6.06. The minimum atomic E-state index is -4.55. The van der Waals surface area contributed by atoms with E-state index < -0.39 is 17.6 Å². The quantitative estimate of drug-likeness (QED) is 0.328. The molecule has 1 aromatic heterocycles. The van der Waals surface area contributed by atoms with Gasteiger partial charge in [-0.1, -0.05) is 12.1 Å². The van der Waals surface area contributed by atoms with E-state index in [0.29, 0.717) is 22.8 Å². The SMILES string of the molecule is Cc1ccc(NC(=O)c2cccc(C(F)(F)F)c2)cc1NC(=O)c1ccc(NCCCN2CCOCC2)nc1. The number of benzene rings is 2. The number of hydrogen-bond acceptors (Lipinski definition) is 6. The third-order valence-corrected chi connectivity index (χ3v) is 6.28. The molecule has 0 bridgehead atoms.